The van der Waals surface area contributed by atoms with Crippen LogP contribution in [0.15, 0.2) is 0 Å². The number of thioether (sulfide) groups is 1. The fourth-order valence-electron chi connectivity index (χ4n) is 1.82. The Morgan fingerprint density at radius 1 is 1.16 bits per heavy atom. The van der Waals surface area contributed by atoms with Gasteiger partial charge in [0.25, 0.3) is 0 Å². The van der Waals surface area contributed by atoms with Gasteiger partial charge in [-0.3, -0.25) is 0 Å². The lowest BCUT2D eigenvalue weighted by atomic mass is 10.0. The molecule has 1 aliphatic rings. The van der Waals surface area contributed by atoms with E-state index in [1.807, 2.05) is 18.7 Å². The van der Waals surface area contributed by atoms with Crippen molar-refractivity contribution in [2.75, 3.05) is 19.7 Å². The summed E-state index contributed by atoms with van der Waals surface area (Å²) in [4.78, 5) is 1.92. The second-order valence-electron chi connectivity index (χ2n) is 4.25. The zero-order valence-corrected chi connectivity index (χ0v) is 12.6. The number of rotatable bonds is 4. The van der Waals surface area contributed by atoms with Gasteiger partial charge in [0, 0.05) is 13.1 Å². The summed E-state index contributed by atoms with van der Waals surface area (Å²) in [6.07, 6.45) is -4.84. The molecule has 0 spiro atoms. The van der Waals surface area contributed by atoms with Gasteiger partial charge in [-0.05, 0) is 13.8 Å². The van der Waals surface area contributed by atoms with Crippen LogP contribution in [0.2, 0.25) is 0 Å². The third kappa shape index (κ3) is 4.01. The number of ether oxygens (including phenoxy) is 1. The Hall–Kier alpha value is 0.0400. The van der Waals surface area contributed by atoms with E-state index in [0.717, 1.165) is 24.9 Å². The van der Waals surface area contributed by atoms with Gasteiger partial charge in [-0.2, -0.15) is 0 Å². The van der Waals surface area contributed by atoms with Crippen LogP contribution in [0.25, 0.3) is 0 Å². The molecule has 0 saturated carbocycles. The van der Waals surface area contributed by atoms with Crippen molar-refractivity contribution in [1.82, 2.24) is 4.90 Å². The normalized spacial score (nSPS) is 35.2. The monoisotopic (exact) mass is 311 g/mol. The molecule has 1 heterocycles. The number of aliphatic hydroxyl groups is 4. The smallest absolute Gasteiger partial charge is 0.139 e. The molecule has 1 fully saturated rings. The summed E-state index contributed by atoms with van der Waals surface area (Å²) < 4.78 is 5.93. The molecule has 0 radical (unpaired) electrons. The third-order valence-corrected chi connectivity index (χ3v) is 4.72. The molecule has 4 N–H and O–H groups in total. The highest BCUT2D eigenvalue weighted by Gasteiger charge is 2.44. The molecule has 5 atom stereocenters. The second kappa shape index (κ2) is 7.72. The Bertz CT molecular complexity index is 301. The molecule has 0 aromatic carbocycles. The molecular formula is C11H21NO5S2. The number of hydrogen-bond acceptors (Lipinski definition) is 7. The van der Waals surface area contributed by atoms with Gasteiger partial charge < -0.3 is 30.1 Å². The zero-order valence-electron chi connectivity index (χ0n) is 11.0. The summed E-state index contributed by atoms with van der Waals surface area (Å²) in [6.45, 7) is 4.97. The number of hydrogen-bond donors (Lipinski definition) is 4. The largest absolute Gasteiger partial charge is 0.394 e. The van der Waals surface area contributed by atoms with E-state index >= 15 is 0 Å². The van der Waals surface area contributed by atoms with Crippen LogP contribution >= 0.6 is 24.0 Å². The van der Waals surface area contributed by atoms with Crippen LogP contribution < -0.4 is 0 Å². The fraction of sp³-hybridized carbons (Fsp3) is 0.909. The van der Waals surface area contributed by atoms with Crippen molar-refractivity contribution in [3.05, 3.63) is 0 Å². The van der Waals surface area contributed by atoms with E-state index in [1.165, 1.54) is 0 Å². The van der Waals surface area contributed by atoms with Crippen LogP contribution in [0, 0.1) is 0 Å². The minimum atomic E-state index is -1.36. The molecule has 112 valence electrons. The molecule has 1 unspecified atom stereocenters. The van der Waals surface area contributed by atoms with E-state index in [1.54, 1.807) is 0 Å². The minimum Gasteiger partial charge on any atom is -0.394 e. The Kier molecular flexibility index (Phi) is 6.95. The Labute approximate surface area is 122 Å². The van der Waals surface area contributed by atoms with Crippen LogP contribution in [0.1, 0.15) is 13.8 Å². The number of aliphatic hydroxyl groups excluding tert-OH is 4. The van der Waals surface area contributed by atoms with Gasteiger partial charge in [0.2, 0.25) is 0 Å². The maximum atomic E-state index is 9.88. The molecule has 0 aromatic heterocycles. The Morgan fingerprint density at radius 3 is 2.21 bits per heavy atom. The first-order chi connectivity index (χ1) is 8.96. The van der Waals surface area contributed by atoms with Crippen molar-refractivity contribution in [3.63, 3.8) is 0 Å². The summed E-state index contributed by atoms with van der Waals surface area (Å²) in [5.74, 6) is 0. The molecule has 8 heteroatoms. The van der Waals surface area contributed by atoms with Crippen molar-refractivity contribution in [2.24, 2.45) is 0 Å². The van der Waals surface area contributed by atoms with Crippen molar-refractivity contribution >= 4 is 28.3 Å². The van der Waals surface area contributed by atoms with Crippen LogP contribution in [0.5, 0.6) is 0 Å². The summed E-state index contributed by atoms with van der Waals surface area (Å²) in [5, 5.41) is 38.3. The van der Waals surface area contributed by atoms with E-state index in [0.29, 0.717) is 4.32 Å². The summed E-state index contributed by atoms with van der Waals surface area (Å²) in [6, 6.07) is 0. The molecule has 0 bridgehead atoms. The minimum absolute atomic E-state index is 0.431. The standard InChI is InChI=1S/C11H21NO5S2/c1-3-12(4-2)11(18)19-10-9(16)8(15)7(14)6(5-13)17-10/h6-10,13-16H,3-5H2,1-2H3/t6-,7+,8+,9-,10?/m1/s1. The maximum Gasteiger partial charge on any atom is 0.139 e. The van der Waals surface area contributed by atoms with Crippen molar-refractivity contribution in [3.8, 4) is 0 Å². The summed E-state index contributed by atoms with van der Waals surface area (Å²) in [5.41, 5.74) is -0.802. The SMILES string of the molecule is CCN(CC)C(=S)SC1O[C@H](CO)[C@H](O)[C@H](O)[C@H]1O. The molecule has 6 nitrogen and oxygen atoms in total. The highest BCUT2D eigenvalue weighted by Crippen LogP contribution is 2.30. The van der Waals surface area contributed by atoms with E-state index in [9.17, 15) is 15.3 Å². The highest BCUT2D eigenvalue weighted by atomic mass is 32.2. The van der Waals surface area contributed by atoms with E-state index in [2.05, 4.69) is 0 Å². The molecular weight excluding hydrogens is 290 g/mol. The van der Waals surface area contributed by atoms with Gasteiger partial charge in [0.15, 0.2) is 0 Å². The van der Waals surface area contributed by atoms with Crippen LogP contribution in [-0.4, -0.2) is 79.2 Å². The highest BCUT2D eigenvalue weighted by molar-refractivity contribution is 8.23. The number of nitrogens with zero attached hydrogens (tertiary/aromatic N) is 1. The molecule has 1 aliphatic heterocycles. The Morgan fingerprint density at radius 2 is 1.74 bits per heavy atom. The third-order valence-electron chi connectivity index (χ3n) is 3.09. The first-order valence-electron chi connectivity index (χ1n) is 6.22. The lowest BCUT2D eigenvalue weighted by molar-refractivity contribution is -0.205. The zero-order chi connectivity index (χ0) is 14.6. The molecule has 1 saturated heterocycles. The topological polar surface area (TPSA) is 93.4 Å². The lowest BCUT2D eigenvalue weighted by Gasteiger charge is -2.40. The van der Waals surface area contributed by atoms with Gasteiger partial charge in [0.1, 0.15) is 34.2 Å². The van der Waals surface area contributed by atoms with Gasteiger partial charge in [-0.25, -0.2) is 0 Å². The number of thiocarbonyl (C=S) groups is 1. The van der Waals surface area contributed by atoms with Gasteiger partial charge >= 0.3 is 0 Å². The quantitative estimate of drug-likeness (QED) is 0.499. The van der Waals surface area contributed by atoms with Gasteiger partial charge in [0.05, 0.1) is 6.61 Å². The molecule has 0 aliphatic carbocycles. The van der Waals surface area contributed by atoms with E-state index in [-0.39, 0.29) is 0 Å². The van der Waals surface area contributed by atoms with Crippen LogP contribution in [0.3, 0.4) is 0 Å². The van der Waals surface area contributed by atoms with Crippen molar-refractivity contribution in [1.29, 1.82) is 0 Å². The van der Waals surface area contributed by atoms with E-state index in [4.69, 9.17) is 22.1 Å². The van der Waals surface area contributed by atoms with Crippen LogP contribution in [0.4, 0.5) is 0 Å². The first kappa shape index (κ1) is 17.1. The first-order valence-corrected chi connectivity index (χ1v) is 7.51. The van der Waals surface area contributed by atoms with Gasteiger partial charge in [-0.1, -0.05) is 24.0 Å². The van der Waals surface area contributed by atoms with Crippen molar-refractivity contribution in [2.45, 2.75) is 43.7 Å². The van der Waals surface area contributed by atoms with E-state index < -0.39 is 36.5 Å². The molecule has 1 rings (SSSR count). The van der Waals surface area contributed by atoms with Crippen LogP contribution in [-0.2, 0) is 4.74 Å². The molecule has 19 heavy (non-hydrogen) atoms. The predicted molar refractivity (Wildman–Crippen MR) is 76.9 cm³/mol. The predicted octanol–water partition coefficient (Wildman–Crippen LogP) is -0.854. The summed E-state index contributed by atoms with van der Waals surface area (Å²) >= 11 is 6.36. The summed E-state index contributed by atoms with van der Waals surface area (Å²) in [7, 11) is 0. The van der Waals surface area contributed by atoms with Crippen molar-refractivity contribution < 1.29 is 25.2 Å². The Balaban J connectivity index is 2.69. The molecule has 0 aromatic rings. The van der Waals surface area contributed by atoms with Gasteiger partial charge in [-0.15, -0.1) is 0 Å². The average Bonchev–Trinajstić information content (AvgIpc) is 2.40. The second-order valence-corrected chi connectivity index (χ2v) is 5.99. The maximum absolute atomic E-state index is 9.88. The lowest BCUT2D eigenvalue weighted by Crippen LogP contribution is -2.57. The fourth-order valence-corrected chi connectivity index (χ4v) is 3.47. The average molecular weight is 311 g/mol. The molecule has 0 amide bonds.